The van der Waals surface area contributed by atoms with E-state index in [1.165, 1.54) is 5.56 Å². The van der Waals surface area contributed by atoms with E-state index in [1.807, 2.05) is 36.4 Å². The molecule has 5 heteroatoms. The van der Waals surface area contributed by atoms with Crippen molar-refractivity contribution in [3.63, 3.8) is 0 Å². The number of carbonyl (C=O) groups is 1. The Bertz CT molecular complexity index is 960. The lowest BCUT2D eigenvalue weighted by Crippen LogP contribution is -2.30. The number of phenolic OH excluding ortho intramolecular Hbond substituents is 1. The SMILES string of the molecule is O=C(c1cc(Cc2ccccc2)ccc1O)N1CC[C@H](OCc2ccncc2)C1. The highest BCUT2D eigenvalue weighted by molar-refractivity contribution is 5.97. The monoisotopic (exact) mass is 388 g/mol. The normalized spacial score (nSPS) is 16.1. The molecule has 1 N–H and O–H groups in total. The van der Waals surface area contributed by atoms with Gasteiger partial charge >= 0.3 is 0 Å². The van der Waals surface area contributed by atoms with Gasteiger partial charge in [0.05, 0.1) is 18.3 Å². The van der Waals surface area contributed by atoms with E-state index in [4.69, 9.17) is 4.74 Å². The molecule has 1 aliphatic heterocycles. The number of amides is 1. The zero-order valence-corrected chi connectivity index (χ0v) is 16.2. The summed E-state index contributed by atoms with van der Waals surface area (Å²) in [5.74, 6) is -0.125. The molecule has 148 valence electrons. The summed E-state index contributed by atoms with van der Waals surface area (Å²) in [4.78, 5) is 18.8. The molecule has 0 unspecified atom stereocenters. The number of rotatable bonds is 6. The van der Waals surface area contributed by atoms with Crippen LogP contribution in [0.15, 0.2) is 73.1 Å². The average molecular weight is 388 g/mol. The van der Waals surface area contributed by atoms with Crippen LogP contribution in [0.2, 0.25) is 0 Å². The summed E-state index contributed by atoms with van der Waals surface area (Å²) in [7, 11) is 0. The van der Waals surface area contributed by atoms with Crippen LogP contribution >= 0.6 is 0 Å². The van der Waals surface area contributed by atoms with Crippen molar-refractivity contribution in [2.45, 2.75) is 25.6 Å². The van der Waals surface area contributed by atoms with E-state index in [0.717, 1.165) is 24.0 Å². The lowest BCUT2D eigenvalue weighted by molar-refractivity contribution is 0.0436. The predicted octanol–water partition coefficient (Wildman–Crippen LogP) is 3.81. The number of hydrogen-bond donors (Lipinski definition) is 1. The Hall–Kier alpha value is -3.18. The minimum Gasteiger partial charge on any atom is -0.507 e. The van der Waals surface area contributed by atoms with E-state index in [0.29, 0.717) is 25.3 Å². The fraction of sp³-hybridized carbons (Fsp3) is 0.250. The molecule has 0 radical (unpaired) electrons. The summed E-state index contributed by atoms with van der Waals surface area (Å²) < 4.78 is 5.95. The molecular weight excluding hydrogens is 364 g/mol. The van der Waals surface area contributed by atoms with Crippen LogP contribution in [0.5, 0.6) is 5.75 Å². The Kier molecular flexibility index (Phi) is 5.86. The fourth-order valence-corrected chi connectivity index (χ4v) is 3.61. The molecule has 0 aliphatic carbocycles. The molecule has 0 bridgehead atoms. The van der Waals surface area contributed by atoms with Gasteiger partial charge in [0, 0.05) is 25.5 Å². The summed E-state index contributed by atoms with van der Waals surface area (Å²) in [6.45, 7) is 1.67. The van der Waals surface area contributed by atoms with E-state index in [-0.39, 0.29) is 17.8 Å². The number of hydrogen-bond acceptors (Lipinski definition) is 4. The Morgan fingerprint density at radius 3 is 2.62 bits per heavy atom. The number of likely N-dealkylation sites (tertiary alicyclic amines) is 1. The molecule has 1 aliphatic rings. The third-order valence-electron chi connectivity index (χ3n) is 5.21. The third kappa shape index (κ3) is 4.81. The maximum Gasteiger partial charge on any atom is 0.257 e. The molecule has 1 amide bonds. The Labute approximate surface area is 170 Å². The fourth-order valence-electron chi connectivity index (χ4n) is 3.61. The number of aromatic hydroxyl groups is 1. The van der Waals surface area contributed by atoms with E-state index in [9.17, 15) is 9.90 Å². The third-order valence-corrected chi connectivity index (χ3v) is 5.21. The van der Waals surface area contributed by atoms with Gasteiger partial charge in [-0.1, -0.05) is 36.4 Å². The van der Waals surface area contributed by atoms with Gasteiger partial charge in [-0.15, -0.1) is 0 Å². The van der Waals surface area contributed by atoms with E-state index >= 15 is 0 Å². The number of nitrogens with zero attached hydrogens (tertiary/aromatic N) is 2. The minimum atomic E-state index is -0.146. The first-order chi connectivity index (χ1) is 14.2. The van der Waals surface area contributed by atoms with E-state index < -0.39 is 0 Å². The van der Waals surface area contributed by atoms with Gasteiger partial charge in [0.1, 0.15) is 5.75 Å². The first-order valence-electron chi connectivity index (χ1n) is 9.84. The Morgan fingerprint density at radius 1 is 1.03 bits per heavy atom. The van der Waals surface area contributed by atoms with Gasteiger partial charge in [0.2, 0.25) is 0 Å². The molecule has 29 heavy (non-hydrogen) atoms. The number of pyridine rings is 1. The molecule has 1 fully saturated rings. The molecule has 1 atom stereocenters. The van der Waals surface area contributed by atoms with Crippen molar-refractivity contribution >= 4 is 5.91 Å². The smallest absolute Gasteiger partial charge is 0.257 e. The van der Waals surface area contributed by atoms with Crippen molar-refractivity contribution in [2.75, 3.05) is 13.1 Å². The highest BCUT2D eigenvalue weighted by Gasteiger charge is 2.29. The van der Waals surface area contributed by atoms with Crippen LogP contribution in [0, 0.1) is 0 Å². The van der Waals surface area contributed by atoms with Crippen molar-refractivity contribution in [2.24, 2.45) is 0 Å². The number of aromatic nitrogens is 1. The largest absolute Gasteiger partial charge is 0.507 e. The number of phenols is 1. The quantitative estimate of drug-likeness (QED) is 0.698. The van der Waals surface area contributed by atoms with Crippen molar-refractivity contribution < 1.29 is 14.6 Å². The lowest BCUT2D eigenvalue weighted by Gasteiger charge is -2.18. The number of carbonyl (C=O) groups excluding carboxylic acids is 1. The molecule has 5 nitrogen and oxygen atoms in total. The van der Waals surface area contributed by atoms with Crippen LogP contribution < -0.4 is 0 Å². The van der Waals surface area contributed by atoms with Gasteiger partial charge in [0.25, 0.3) is 5.91 Å². The van der Waals surface area contributed by atoms with Crippen LogP contribution in [0.4, 0.5) is 0 Å². The Morgan fingerprint density at radius 2 is 1.83 bits per heavy atom. The molecule has 0 saturated carbocycles. The maximum atomic E-state index is 13.0. The zero-order chi connectivity index (χ0) is 20.1. The standard InChI is InChI=1S/C24H24N2O3/c27-23-7-6-20(14-18-4-2-1-3-5-18)15-22(23)24(28)26-13-10-21(16-26)29-17-19-8-11-25-12-9-19/h1-9,11-12,15,21,27H,10,13-14,16-17H2/t21-/m0/s1. The summed E-state index contributed by atoms with van der Waals surface area (Å²) in [5.41, 5.74) is 3.59. The minimum absolute atomic E-state index is 0.00163. The van der Waals surface area contributed by atoms with Crippen molar-refractivity contribution in [1.29, 1.82) is 0 Å². The van der Waals surface area contributed by atoms with Crippen LogP contribution in [0.25, 0.3) is 0 Å². The van der Waals surface area contributed by atoms with Crippen molar-refractivity contribution in [1.82, 2.24) is 9.88 Å². The van der Waals surface area contributed by atoms with Gasteiger partial charge in [0.15, 0.2) is 0 Å². The predicted molar refractivity (Wildman–Crippen MR) is 111 cm³/mol. The average Bonchev–Trinajstić information content (AvgIpc) is 3.24. The van der Waals surface area contributed by atoms with Crippen LogP contribution in [-0.4, -0.2) is 40.1 Å². The summed E-state index contributed by atoms with van der Waals surface area (Å²) in [6.07, 6.45) is 5.00. The van der Waals surface area contributed by atoms with Gasteiger partial charge in [-0.25, -0.2) is 0 Å². The summed E-state index contributed by atoms with van der Waals surface area (Å²) in [6, 6.07) is 19.2. The zero-order valence-electron chi connectivity index (χ0n) is 16.2. The molecule has 2 aromatic carbocycles. The highest BCUT2D eigenvalue weighted by Crippen LogP contribution is 2.25. The van der Waals surface area contributed by atoms with E-state index in [2.05, 4.69) is 17.1 Å². The van der Waals surface area contributed by atoms with Crippen LogP contribution in [-0.2, 0) is 17.8 Å². The Balaban J connectivity index is 1.39. The number of ether oxygens (including phenoxy) is 1. The summed E-state index contributed by atoms with van der Waals surface area (Å²) >= 11 is 0. The van der Waals surface area contributed by atoms with Crippen molar-refractivity contribution in [3.05, 3.63) is 95.3 Å². The van der Waals surface area contributed by atoms with Crippen molar-refractivity contribution in [3.8, 4) is 5.75 Å². The lowest BCUT2D eigenvalue weighted by atomic mass is 10.0. The molecule has 2 heterocycles. The van der Waals surface area contributed by atoms with Crippen LogP contribution in [0.1, 0.15) is 33.5 Å². The topological polar surface area (TPSA) is 62.7 Å². The highest BCUT2D eigenvalue weighted by atomic mass is 16.5. The van der Waals surface area contributed by atoms with Gasteiger partial charge < -0.3 is 14.7 Å². The van der Waals surface area contributed by atoms with Gasteiger partial charge in [-0.3, -0.25) is 9.78 Å². The second-order valence-corrected chi connectivity index (χ2v) is 7.34. The first-order valence-corrected chi connectivity index (χ1v) is 9.84. The molecule has 3 aromatic rings. The van der Waals surface area contributed by atoms with Gasteiger partial charge in [-0.2, -0.15) is 0 Å². The first kappa shape index (κ1) is 19.2. The molecule has 1 aromatic heterocycles. The van der Waals surface area contributed by atoms with Crippen LogP contribution in [0.3, 0.4) is 0 Å². The van der Waals surface area contributed by atoms with Gasteiger partial charge in [-0.05, 0) is 53.8 Å². The molecule has 0 spiro atoms. The van der Waals surface area contributed by atoms with E-state index in [1.54, 1.807) is 29.4 Å². The number of benzene rings is 2. The molecular formula is C24H24N2O3. The second kappa shape index (κ2) is 8.88. The maximum absolute atomic E-state index is 13.0. The summed E-state index contributed by atoms with van der Waals surface area (Å²) in [5, 5.41) is 10.3. The molecule has 4 rings (SSSR count). The molecule has 1 saturated heterocycles. The second-order valence-electron chi connectivity index (χ2n) is 7.34.